The first-order valence-corrected chi connectivity index (χ1v) is 10.7. The van der Waals surface area contributed by atoms with Crippen molar-refractivity contribution in [2.24, 2.45) is 10.9 Å². The summed E-state index contributed by atoms with van der Waals surface area (Å²) in [5.74, 6) is 1.57. The van der Waals surface area contributed by atoms with E-state index < -0.39 is 0 Å². The lowest BCUT2D eigenvalue weighted by Crippen LogP contribution is -2.49. The van der Waals surface area contributed by atoms with E-state index in [-0.39, 0.29) is 24.0 Å². The summed E-state index contributed by atoms with van der Waals surface area (Å²) in [6, 6.07) is 0.884. The van der Waals surface area contributed by atoms with E-state index in [1.807, 2.05) is 0 Å². The number of nitrogens with one attached hydrogen (secondary N) is 2. The molecule has 166 valence electrons. The zero-order valence-corrected chi connectivity index (χ0v) is 20.3. The van der Waals surface area contributed by atoms with Crippen LogP contribution in [-0.4, -0.2) is 88.8 Å². The lowest BCUT2D eigenvalue weighted by molar-refractivity contribution is -0.0165. The highest BCUT2D eigenvalue weighted by Crippen LogP contribution is 2.14. The molecule has 2 aliphatic heterocycles. The number of nitrogens with zero attached hydrogens (tertiary/aromatic N) is 2. The summed E-state index contributed by atoms with van der Waals surface area (Å²) in [6.07, 6.45) is 3.26. The van der Waals surface area contributed by atoms with Crippen LogP contribution < -0.4 is 10.6 Å². The van der Waals surface area contributed by atoms with Crippen molar-refractivity contribution in [3.8, 4) is 0 Å². The summed E-state index contributed by atoms with van der Waals surface area (Å²) in [7, 11) is 0. The zero-order valence-electron chi connectivity index (χ0n) is 18.0. The Morgan fingerprint density at radius 1 is 1.21 bits per heavy atom. The van der Waals surface area contributed by atoms with Crippen molar-refractivity contribution in [3.05, 3.63) is 0 Å². The van der Waals surface area contributed by atoms with Gasteiger partial charge in [-0.05, 0) is 46.0 Å². The Kier molecular flexibility index (Phi) is 14.5. The topological polar surface area (TPSA) is 67.4 Å². The van der Waals surface area contributed by atoms with Gasteiger partial charge in [-0.1, -0.05) is 0 Å². The number of halogens is 1. The van der Waals surface area contributed by atoms with Gasteiger partial charge in [0, 0.05) is 58.1 Å². The molecule has 2 unspecified atom stereocenters. The maximum absolute atomic E-state index is 5.83. The van der Waals surface area contributed by atoms with E-state index >= 15 is 0 Å². The first-order valence-electron chi connectivity index (χ1n) is 10.7. The van der Waals surface area contributed by atoms with Crippen molar-refractivity contribution in [2.45, 2.75) is 52.1 Å². The standard InChI is InChI=1S/C20H40N4O3.HI/c1-4-21-20(23-14-17(2)24-9-13-27-15-18(24)3)22-8-5-10-26-16-19-6-11-25-12-7-19;/h17-19H,4-16H2,1-3H3,(H2,21,22,23);1H. The van der Waals surface area contributed by atoms with Crippen LogP contribution in [0.1, 0.15) is 40.0 Å². The fraction of sp³-hybridized carbons (Fsp3) is 0.950. The molecule has 2 rings (SSSR count). The number of hydrogen-bond acceptors (Lipinski definition) is 5. The van der Waals surface area contributed by atoms with E-state index in [4.69, 9.17) is 19.2 Å². The Balaban J connectivity index is 0.00000392. The van der Waals surface area contributed by atoms with E-state index in [2.05, 4.69) is 36.3 Å². The predicted molar refractivity (Wildman–Crippen MR) is 125 cm³/mol. The van der Waals surface area contributed by atoms with Gasteiger partial charge in [-0.25, -0.2) is 0 Å². The summed E-state index contributed by atoms with van der Waals surface area (Å²) in [5.41, 5.74) is 0. The van der Waals surface area contributed by atoms with Gasteiger partial charge in [-0.15, -0.1) is 24.0 Å². The molecule has 0 bridgehead atoms. The number of hydrogen-bond donors (Lipinski definition) is 2. The molecule has 2 atom stereocenters. The molecule has 0 aromatic heterocycles. The average molecular weight is 512 g/mol. The van der Waals surface area contributed by atoms with Gasteiger partial charge < -0.3 is 24.8 Å². The molecule has 2 heterocycles. The molecule has 0 radical (unpaired) electrons. The van der Waals surface area contributed by atoms with Gasteiger partial charge >= 0.3 is 0 Å². The van der Waals surface area contributed by atoms with Crippen LogP contribution in [0.4, 0.5) is 0 Å². The van der Waals surface area contributed by atoms with E-state index in [1.165, 1.54) is 0 Å². The molecule has 8 heteroatoms. The number of rotatable bonds is 10. The predicted octanol–water partition coefficient (Wildman–Crippen LogP) is 2.10. The normalized spacial score (nSPS) is 23.1. The second-order valence-corrected chi connectivity index (χ2v) is 7.64. The number of ether oxygens (including phenoxy) is 3. The third-order valence-electron chi connectivity index (χ3n) is 5.30. The molecule has 2 aliphatic rings. The Labute approximate surface area is 188 Å². The number of morpholine rings is 1. The maximum atomic E-state index is 5.83. The maximum Gasteiger partial charge on any atom is 0.191 e. The van der Waals surface area contributed by atoms with E-state index in [0.29, 0.717) is 18.0 Å². The van der Waals surface area contributed by atoms with Gasteiger partial charge in [0.15, 0.2) is 5.96 Å². The molecule has 7 nitrogen and oxygen atoms in total. The van der Waals surface area contributed by atoms with Crippen molar-refractivity contribution in [1.82, 2.24) is 15.5 Å². The quantitative estimate of drug-likeness (QED) is 0.202. The summed E-state index contributed by atoms with van der Waals surface area (Å²) < 4.78 is 16.7. The smallest absolute Gasteiger partial charge is 0.191 e. The number of aliphatic imine (C=N–C) groups is 1. The molecule has 0 aliphatic carbocycles. The van der Waals surface area contributed by atoms with Crippen molar-refractivity contribution in [3.63, 3.8) is 0 Å². The lowest BCUT2D eigenvalue weighted by Gasteiger charge is -2.37. The summed E-state index contributed by atoms with van der Waals surface area (Å²) >= 11 is 0. The molecule has 2 fully saturated rings. The van der Waals surface area contributed by atoms with Crippen LogP contribution in [0.5, 0.6) is 0 Å². The molecular weight excluding hydrogens is 471 g/mol. The SMILES string of the molecule is CCNC(=NCC(C)N1CCOCC1C)NCCCOCC1CCOCC1.I. The summed E-state index contributed by atoms with van der Waals surface area (Å²) in [4.78, 5) is 7.26. The second kappa shape index (κ2) is 15.6. The van der Waals surface area contributed by atoms with Crippen LogP contribution in [-0.2, 0) is 14.2 Å². The molecule has 28 heavy (non-hydrogen) atoms. The highest BCUT2D eigenvalue weighted by atomic mass is 127. The minimum absolute atomic E-state index is 0. The zero-order chi connectivity index (χ0) is 19.3. The van der Waals surface area contributed by atoms with Gasteiger partial charge in [0.25, 0.3) is 0 Å². The fourth-order valence-electron chi connectivity index (χ4n) is 3.61. The Bertz CT molecular complexity index is 422. The van der Waals surface area contributed by atoms with Crippen molar-refractivity contribution in [2.75, 3.05) is 65.8 Å². The summed E-state index contributed by atoms with van der Waals surface area (Å²) in [5, 5.41) is 6.76. The lowest BCUT2D eigenvalue weighted by atomic mass is 10.0. The Morgan fingerprint density at radius 3 is 2.71 bits per heavy atom. The molecule has 0 aromatic rings. The molecule has 0 aromatic carbocycles. The third-order valence-corrected chi connectivity index (χ3v) is 5.30. The van der Waals surface area contributed by atoms with Crippen LogP contribution in [0.3, 0.4) is 0 Å². The van der Waals surface area contributed by atoms with Crippen molar-refractivity contribution in [1.29, 1.82) is 0 Å². The Hall–Kier alpha value is -0.160. The van der Waals surface area contributed by atoms with Gasteiger partial charge in [-0.2, -0.15) is 0 Å². The number of guanidine groups is 1. The molecular formula is C20H41IN4O3. The van der Waals surface area contributed by atoms with Crippen molar-refractivity contribution >= 4 is 29.9 Å². The second-order valence-electron chi connectivity index (χ2n) is 7.64. The highest BCUT2D eigenvalue weighted by molar-refractivity contribution is 14.0. The average Bonchev–Trinajstić information content (AvgIpc) is 2.69. The third kappa shape index (κ3) is 10.0. The van der Waals surface area contributed by atoms with Gasteiger partial charge in [-0.3, -0.25) is 9.89 Å². The van der Waals surface area contributed by atoms with Crippen LogP contribution in [0.15, 0.2) is 4.99 Å². The molecule has 0 amide bonds. The highest BCUT2D eigenvalue weighted by Gasteiger charge is 2.23. The van der Waals surface area contributed by atoms with E-state index in [0.717, 1.165) is 91.0 Å². The van der Waals surface area contributed by atoms with Gasteiger partial charge in [0.1, 0.15) is 0 Å². The monoisotopic (exact) mass is 512 g/mol. The van der Waals surface area contributed by atoms with Crippen LogP contribution >= 0.6 is 24.0 Å². The van der Waals surface area contributed by atoms with Crippen LogP contribution in [0, 0.1) is 5.92 Å². The molecule has 2 N–H and O–H groups in total. The van der Waals surface area contributed by atoms with E-state index in [1.54, 1.807) is 0 Å². The summed E-state index contributed by atoms with van der Waals surface area (Å²) in [6.45, 7) is 15.2. The van der Waals surface area contributed by atoms with Gasteiger partial charge in [0.05, 0.1) is 19.8 Å². The molecule has 2 saturated heterocycles. The fourth-order valence-corrected chi connectivity index (χ4v) is 3.61. The molecule has 0 saturated carbocycles. The van der Waals surface area contributed by atoms with Crippen LogP contribution in [0.25, 0.3) is 0 Å². The van der Waals surface area contributed by atoms with Crippen molar-refractivity contribution < 1.29 is 14.2 Å². The van der Waals surface area contributed by atoms with Crippen LogP contribution in [0.2, 0.25) is 0 Å². The molecule has 0 spiro atoms. The largest absolute Gasteiger partial charge is 0.381 e. The van der Waals surface area contributed by atoms with Gasteiger partial charge in [0.2, 0.25) is 0 Å². The minimum atomic E-state index is 0. The first-order chi connectivity index (χ1) is 13.2. The minimum Gasteiger partial charge on any atom is -0.381 e. The first kappa shape index (κ1) is 25.9. The van der Waals surface area contributed by atoms with E-state index in [9.17, 15) is 0 Å². The Morgan fingerprint density at radius 2 is 2.00 bits per heavy atom.